The van der Waals surface area contributed by atoms with Crippen LogP contribution in [0.15, 0.2) is 18.5 Å². The van der Waals surface area contributed by atoms with Crippen LogP contribution in [0.25, 0.3) is 10.8 Å². The lowest BCUT2D eigenvalue weighted by atomic mass is 9.73. The normalized spacial score (nSPS) is 11.2. The Kier molecular flexibility index (Phi) is 2.83. The first-order chi connectivity index (χ1) is 7.52. The fourth-order valence-corrected chi connectivity index (χ4v) is 2.53. The summed E-state index contributed by atoms with van der Waals surface area (Å²) in [5, 5.41) is 2.68. The first-order valence-electron chi connectivity index (χ1n) is 5.86. The van der Waals surface area contributed by atoms with Gasteiger partial charge in [0.2, 0.25) is 0 Å². The van der Waals surface area contributed by atoms with Crippen molar-refractivity contribution in [2.24, 2.45) is 0 Å². The zero-order valence-corrected chi connectivity index (χ0v) is 10.8. The van der Waals surface area contributed by atoms with E-state index >= 15 is 0 Å². The maximum absolute atomic E-state index is 4.29. The zero-order valence-electron chi connectivity index (χ0n) is 10.8. The van der Waals surface area contributed by atoms with Gasteiger partial charge in [0.1, 0.15) is 23.5 Å². The summed E-state index contributed by atoms with van der Waals surface area (Å²) in [6, 6.07) is 2.31. The molecule has 0 spiro atoms. The second kappa shape index (κ2) is 4.01. The van der Waals surface area contributed by atoms with E-state index in [1.54, 1.807) is 0 Å². The smallest absolute Gasteiger partial charge is 0.142 e. The molecule has 0 unspecified atom stereocenters. The summed E-state index contributed by atoms with van der Waals surface area (Å²) < 4.78 is 0. The minimum absolute atomic E-state index is 0.579. The fourth-order valence-electron chi connectivity index (χ4n) is 2.53. The summed E-state index contributed by atoms with van der Waals surface area (Å²) in [5.74, 6) is 0.579. The molecule has 2 rings (SSSR count). The lowest BCUT2D eigenvalue weighted by Gasteiger charge is -2.16. The Labute approximate surface area is 99.9 Å². The third-order valence-corrected chi connectivity index (χ3v) is 3.36. The standard InChI is InChI=1S/C12H16B3N/c1-6(2)7-3-9(13)8-4-16-5-10(14)11(8)12(7)15/h3-6H,13-15H2,1-2H3. The van der Waals surface area contributed by atoms with Crippen LogP contribution in [0.3, 0.4) is 0 Å². The van der Waals surface area contributed by atoms with Gasteiger partial charge in [0.25, 0.3) is 0 Å². The van der Waals surface area contributed by atoms with Crippen LogP contribution in [0.5, 0.6) is 0 Å². The van der Waals surface area contributed by atoms with Crippen molar-refractivity contribution in [2.45, 2.75) is 19.8 Å². The molecule has 78 valence electrons. The largest absolute Gasteiger partial charge is 0.265 e. The summed E-state index contributed by atoms with van der Waals surface area (Å²) in [6.45, 7) is 4.51. The Morgan fingerprint density at radius 2 is 1.75 bits per heavy atom. The van der Waals surface area contributed by atoms with Gasteiger partial charge in [-0.1, -0.05) is 41.9 Å². The van der Waals surface area contributed by atoms with Crippen LogP contribution in [-0.4, -0.2) is 28.5 Å². The number of rotatable bonds is 1. The van der Waals surface area contributed by atoms with Gasteiger partial charge in [-0.2, -0.15) is 0 Å². The van der Waals surface area contributed by atoms with Crippen LogP contribution in [0, 0.1) is 0 Å². The van der Waals surface area contributed by atoms with E-state index in [4.69, 9.17) is 0 Å². The monoisotopic (exact) mass is 207 g/mol. The molecule has 0 aliphatic rings. The highest BCUT2D eigenvalue weighted by Crippen LogP contribution is 2.14. The number of hydrogen-bond donors (Lipinski definition) is 0. The molecule has 0 atom stereocenters. The first-order valence-corrected chi connectivity index (χ1v) is 5.86. The minimum Gasteiger partial charge on any atom is -0.265 e. The quantitative estimate of drug-likeness (QED) is 0.499. The Morgan fingerprint density at radius 3 is 2.38 bits per heavy atom. The summed E-state index contributed by atoms with van der Waals surface area (Å²) in [7, 11) is 6.55. The third-order valence-electron chi connectivity index (χ3n) is 3.36. The van der Waals surface area contributed by atoms with Gasteiger partial charge < -0.3 is 0 Å². The Balaban J connectivity index is 2.92. The predicted octanol–water partition coefficient (Wildman–Crippen LogP) is -1.87. The molecule has 1 heterocycles. The first kappa shape index (κ1) is 11.3. The number of nitrogens with zero attached hydrogens (tertiary/aromatic N) is 1. The van der Waals surface area contributed by atoms with E-state index in [9.17, 15) is 0 Å². The zero-order chi connectivity index (χ0) is 11.9. The predicted molar refractivity (Wildman–Crippen MR) is 80.4 cm³/mol. The second-order valence-corrected chi connectivity index (χ2v) is 4.94. The molecule has 0 radical (unpaired) electrons. The maximum Gasteiger partial charge on any atom is 0.142 e. The van der Waals surface area contributed by atoms with Gasteiger partial charge in [-0.05, 0) is 16.7 Å². The summed E-state index contributed by atoms with van der Waals surface area (Å²) in [5.41, 5.74) is 5.48. The molecule has 0 bridgehead atoms. The van der Waals surface area contributed by atoms with Crippen molar-refractivity contribution in [2.75, 3.05) is 0 Å². The average Bonchev–Trinajstić information content (AvgIpc) is 2.22. The van der Waals surface area contributed by atoms with Crippen molar-refractivity contribution in [3.8, 4) is 0 Å². The lowest BCUT2D eigenvalue weighted by Crippen LogP contribution is -2.25. The fraction of sp³-hybridized carbons (Fsp3) is 0.250. The van der Waals surface area contributed by atoms with Crippen LogP contribution in [-0.2, 0) is 0 Å². The number of hydrogen-bond acceptors (Lipinski definition) is 1. The van der Waals surface area contributed by atoms with Crippen LogP contribution >= 0.6 is 0 Å². The number of fused-ring (bicyclic) bond motifs is 1. The van der Waals surface area contributed by atoms with Gasteiger partial charge in [0, 0.05) is 12.4 Å². The van der Waals surface area contributed by atoms with Gasteiger partial charge in [0.15, 0.2) is 0 Å². The molecule has 0 amide bonds. The van der Waals surface area contributed by atoms with Crippen molar-refractivity contribution >= 4 is 50.7 Å². The lowest BCUT2D eigenvalue weighted by molar-refractivity contribution is 0.876. The molecule has 1 nitrogen and oxygen atoms in total. The molecule has 2 aromatic rings. The highest BCUT2D eigenvalue weighted by atomic mass is 14.6. The number of benzene rings is 1. The molecule has 0 saturated carbocycles. The van der Waals surface area contributed by atoms with Gasteiger partial charge >= 0.3 is 0 Å². The van der Waals surface area contributed by atoms with E-state index < -0.39 is 0 Å². The summed E-state index contributed by atoms with van der Waals surface area (Å²) in [6.07, 6.45) is 3.94. The Morgan fingerprint density at radius 1 is 1.06 bits per heavy atom. The van der Waals surface area contributed by atoms with Crippen LogP contribution < -0.4 is 16.4 Å². The van der Waals surface area contributed by atoms with Crippen molar-refractivity contribution < 1.29 is 0 Å². The highest BCUT2D eigenvalue weighted by molar-refractivity contribution is 6.51. The molecule has 0 fully saturated rings. The molecule has 0 aliphatic carbocycles. The maximum atomic E-state index is 4.29. The molecule has 1 aromatic heterocycles. The van der Waals surface area contributed by atoms with Crippen molar-refractivity contribution in [1.29, 1.82) is 0 Å². The van der Waals surface area contributed by atoms with Gasteiger partial charge in [-0.25, -0.2) is 0 Å². The molecule has 16 heavy (non-hydrogen) atoms. The summed E-state index contributed by atoms with van der Waals surface area (Å²) >= 11 is 0. The average molecular weight is 207 g/mol. The van der Waals surface area contributed by atoms with Crippen molar-refractivity contribution in [1.82, 2.24) is 4.98 Å². The van der Waals surface area contributed by atoms with E-state index in [-0.39, 0.29) is 0 Å². The molecule has 0 saturated heterocycles. The Hall–Kier alpha value is -1.18. The van der Waals surface area contributed by atoms with Crippen LogP contribution in [0.4, 0.5) is 0 Å². The van der Waals surface area contributed by atoms with Crippen molar-refractivity contribution in [3.05, 3.63) is 24.0 Å². The van der Waals surface area contributed by atoms with Crippen LogP contribution in [0.1, 0.15) is 25.3 Å². The summed E-state index contributed by atoms with van der Waals surface area (Å²) in [4.78, 5) is 4.29. The van der Waals surface area contributed by atoms with E-state index in [0.29, 0.717) is 5.92 Å². The van der Waals surface area contributed by atoms with E-state index in [2.05, 4.69) is 48.4 Å². The molecular weight excluding hydrogens is 191 g/mol. The molecular formula is C12H16B3N. The molecule has 1 aromatic carbocycles. The van der Waals surface area contributed by atoms with Gasteiger partial charge in [-0.15, -0.1) is 0 Å². The number of aromatic nitrogens is 1. The highest BCUT2D eigenvalue weighted by Gasteiger charge is 2.10. The topological polar surface area (TPSA) is 12.9 Å². The number of pyridine rings is 1. The van der Waals surface area contributed by atoms with E-state index in [1.165, 1.54) is 32.7 Å². The molecule has 4 heteroatoms. The van der Waals surface area contributed by atoms with E-state index in [0.717, 1.165) is 0 Å². The third kappa shape index (κ3) is 1.66. The minimum atomic E-state index is 0.579. The second-order valence-electron chi connectivity index (χ2n) is 4.94. The van der Waals surface area contributed by atoms with Crippen LogP contribution in [0.2, 0.25) is 0 Å². The molecule has 0 aliphatic heterocycles. The van der Waals surface area contributed by atoms with E-state index in [1.807, 2.05) is 12.4 Å². The Bertz CT molecular complexity index is 549. The van der Waals surface area contributed by atoms with Crippen molar-refractivity contribution in [3.63, 3.8) is 0 Å². The van der Waals surface area contributed by atoms with Gasteiger partial charge in [-0.3, -0.25) is 4.98 Å². The SMILES string of the molecule is Bc1cc(C(C)C)c(B)c2c(B)cncc12. The molecule has 0 N–H and O–H groups in total. The van der Waals surface area contributed by atoms with Gasteiger partial charge in [0.05, 0.1) is 0 Å².